The van der Waals surface area contributed by atoms with E-state index in [2.05, 4.69) is 26.2 Å². The topological polar surface area (TPSA) is 0 Å². The van der Waals surface area contributed by atoms with Crippen molar-refractivity contribution in [2.45, 2.75) is 39.0 Å². The van der Waals surface area contributed by atoms with Crippen LogP contribution >= 0.6 is 0 Å². The Morgan fingerprint density at radius 3 is 2.54 bits per heavy atom. The van der Waals surface area contributed by atoms with Crippen molar-refractivity contribution in [2.24, 2.45) is 5.92 Å². The summed E-state index contributed by atoms with van der Waals surface area (Å²) >= 11 is 0. The van der Waals surface area contributed by atoms with E-state index in [0.29, 0.717) is 0 Å². The van der Waals surface area contributed by atoms with Crippen molar-refractivity contribution in [2.75, 3.05) is 0 Å². The van der Waals surface area contributed by atoms with Crippen molar-refractivity contribution in [1.82, 2.24) is 0 Å². The summed E-state index contributed by atoms with van der Waals surface area (Å²) in [5.41, 5.74) is 2.81. The molecule has 1 aliphatic rings. The third kappa shape index (κ3) is 3.22. The third-order valence-electron chi connectivity index (χ3n) is 2.84. The van der Waals surface area contributed by atoms with Gasteiger partial charge < -0.3 is 0 Å². The summed E-state index contributed by atoms with van der Waals surface area (Å²) in [5.74, 6) is 0.799. The normalized spacial score (nSPS) is 19.0. The van der Waals surface area contributed by atoms with Crippen LogP contribution in [0.5, 0.6) is 0 Å². The molecular formula is C13H20. The van der Waals surface area contributed by atoms with Crippen molar-refractivity contribution >= 4 is 0 Å². The Labute approximate surface area is 82.0 Å². The lowest BCUT2D eigenvalue weighted by Gasteiger charge is -2.12. The van der Waals surface area contributed by atoms with E-state index in [1.54, 1.807) is 0 Å². The summed E-state index contributed by atoms with van der Waals surface area (Å²) in [6, 6.07) is 0. The van der Waals surface area contributed by atoms with E-state index in [0.717, 1.165) is 12.3 Å². The maximum atomic E-state index is 4.18. The van der Waals surface area contributed by atoms with Crippen LogP contribution in [0.1, 0.15) is 39.0 Å². The van der Waals surface area contributed by atoms with Crippen LogP contribution in [-0.2, 0) is 0 Å². The molecule has 1 aliphatic carbocycles. The second-order valence-corrected chi connectivity index (χ2v) is 4.07. The van der Waals surface area contributed by atoms with Gasteiger partial charge in [-0.3, -0.25) is 0 Å². The largest absolute Gasteiger partial charge is 0.0993 e. The summed E-state index contributed by atoms with van der Waals surface area (Å²) in [7, 11) is 0. The Bertz CT molecular complexity index is 214. The molecule has 0 aliphatic heterocycles. The molecule has 0 aromatic carbocycles. The van der Waals surface area contributed by atoms with Gasteiger partial charge in [0, 0.05) is 0 Å². The van der Waals surface area contributed by atoms with E-state index in [1.165, 1.54) is 36.8 Å². The molecule has 0 atom stereocenters. The smallest absolute Gasteiger partial charge is 0.0108 e. The maximum absolute atomic E-state index is 4.18. The molecule has 0 radical (unpaired) electrons. The Morgan fingerprint density at radius 2 is 2.00 bits per heavy atom. The summed E-state index contributed by atoms with van der Waals surface area (Å²) in [4.78, 5) is 0. The van der Waals surface area contributed by atoms with E-state index < -0.39 is 0 Å². The molecule has 0 N–H and O–H groups in total. The zero-order valence-corrected chi connectivity index (χ0v) is 8.68. The van der Waals surface area contributed by atoms with Crippen molar-refractivity contribution in [3.05, 3.63) is 36.5 Å². The van der Waals surface area contributed by atoms with E-state index >= 15 is 0 Å². The zero-order chi connectivity index (χ0) is 9.68. The van der Waals surface area contributed by atoms with Gasteiger partial charge in [-0.2, -0.15) is 0 Å². The molecule has 0 heterocycles. The van der Waals surface area contributed by atoms with Gasteiger partial charge in [0.2, 0.25) is 0 Å². The highest BCUT2D eigenvalue weighted by atomic mass is 14.2. The lowest BCUT2D eigenvalue weighted by atomic mass is 9.93. The molecule has 0 heteroatoms. The molecule has 0 aromatic rings. The molecule has 0 amide bonds. The van der Waals surface area contributed by atoms with E-state index in [9.17, 15) is 0 Å². The molecule has 0 bridgehead atoms. The van der Waals surface area contributed by atoms with Crippen LogP contribution in [0.25, 0.3) is 0 Å². The monoisotopic (exact) mass is 176 g/mol. The minimum absolute atomic E-state index is 0.799. The first kappa shape index (κ1) is 10.3. The average molecular weight is 176 g/mol. The van der Waals surface area contributed by atoms with Crippen LogP contribution in [0.3, 0.4) is 0 Å². The molecule has 13 heavy (non-hydrogen) atoms. The van der Waals surface area contributed by atoms with Gasteiger partial charge in [-0.15, -0.1) is 0 Å². The fraction of sp³-hybridized carbons (Fsp3) is 0.538. The minimum atomic E-state index is 0.799. The molecule has 0 spiro atoms. The Hall–Kier alpha value is -0.780. The number of allylic oxidation sites excluding steroid dienone is 4. The van der Waals surface area contributed by atoms with E-state index in [1.807, 2.05) is 6.08 Å². The van der Waals surface area contributed by atoms with Gasteiger partial charge in [0.25, 0.3) is 0 Å². The number of hydrogen-bond acceptors (Lipinski definition) is 0. The second kappa shape index (κ2) is 5.06. The quantitative estimate of drug-likeness (QED) is 0.443. The van der Waals surface area contributed by atoms with Gasteiger partial charge >= 0.3 is 0 Å². The maximum Gasteiger partial charge on any atom is -0.0108 e. The van der Waals surface area contributed by atoms with Crippen LogP contribution in [0.2, 0.25) is 0 Å². The van der Waals surface area contributed by atoms with Crippen molar-refractivity contribution in [1.29, 1.82) is 0 Å². The summed E-state index contributed by atoms with van der Waals surface area (Å²) in [6.07, 6.45) is 10.5. The van der Waals surface area contributed by atoms with Crippen molar-refractivity contribution < 1.29 is 0 Å². The van der Waals surface area contributed by atoms with Crippen LogP contribution in [0.4, 0.5) is 0 Å². The van der Waals surface area contributed by atoms with Gasteiger partial charge in [0.05, 0.1) is 0 Å². The predicted molar refractivity (Wildman–Crippen MR) is 59.7 cm³/mol. The highest BCUT2D eigenvalue weighted by Gasteiger charge is 2.17. The molecule has 1 rings (SSSR count). The molecule has 0 saturated heterocycles. The van der Waals surface area contributed by atoms with Gasteiger partial charge in [-0.25, -0.2) is 0 Å². The second-order valence-electron chi connectivity index (χ2n) is 4.07. The van der Waals surface area contributed by atoms with Gasteiger partial charge in [-0.1, -0.05) is 49.3 Å². The Morgan fingerprint density at radius 1 is 1.38 bits per heavy atom. The molecule has 0 unspecified atom stereocenters. The standard InChI is InChI=1S/C13H20/c1-4-7-11(2)10-12(3)13-8-5-6-9-13/h4,7,13H,1,3,5-6,8-10H2,2H3/b11-7+. The highest BCUT2D eigenvalue weighted by Crippen LogP contribution is 2.32. The van der Waals surface area contributed by atoms with Gasteiger partial charge in [0.1, 0.15) is 0 Å². The lowest BCUT2D eigenvalue weighted by molar-refractivity contribution is 0.627. The SMILES string of the molecule is C=C/C=C(\C)CC(=C)C1CCCC1. The lowest BCUT2D eigenvalue weighted by Crippen LogP contribution is -1.97. The number of rotatable bonds is 4. The molecule has 0 nitrogen and oxygen atoms in total. The van der Waals surface area contributed by atoms with Crippen LogP contribution < -0.4 is 0 Å². The Balaban J connectivity index is 2.39. The number of hydrogen-bond donors (Lipinski definition) is 0. The fourth-order valence-corrected chi connectivity index (χ4v) is 2.10. The minimum Gasteiger partial charge on any atom is -0.0993 e. The molecule has 72 valence electrons. The summed E-state index contributed by atoms with van der Waals surface area (Å²) in [5, 5.41) is 0. The molecule has 1 fully saturated rings. The molecule has 0 aromatic heterocycles. The van der Waals surface area contributed by atoms with Crippen molar-refractivity contribution in [3.63, 3.8) is 0 Å². The van der Waals surface area contributed by atoms with Crippen LogP contribution in [-0.4, -0.2) is 0 Å². The first-order valence-electron chi connectivity index (χ1n) is 5.20. The first-order chi connectivity index (χ1) is 6.24. The molecule has 1 saturated carbocycles. The fourth-order valence-electron chi connectivity index (χ4n) is 2.10. The zero-order valence-electron chi connectivity index (χ0n) is 8.68. The average Bonchev–Trinajstić information content (AvgIpc) is 2.55. The summed E-state index contributed by atoms with van der Waals surface area (Å²) in [6.45, 7) is 10.0. The van der Waals surface area contributed by atoms with Gasteiger partial charge in [0.15, 0.2) is 0 Å². The van der Waals surface area contributed by atoms with E-state index in [4.69, 9.17) is 0 Å². The van der Waals surface area contributed by atoms with E-state index in [-0.39, 0.29) is 0 Å². The third-order valence-corrected chi connectivity index (χ3v) is 2.84. The first-order valence-corrected chi connectivity index (χ1v) is 5.20. The van der Waals surface area contributed by atoms with Crippen molar-refractivity contribution in [3.8, 4) is 0 Å². The Kier molecular flexibility index (Phi) is 4.01. The van der Waals surface area contributed by atoms with Crippen LogP contribution in [0, 0.1) is 5.92 Å². The highest BCUT2D eigenvalue weighted by molar-refractivity contribution is 5.17. The predicted octanol–water partition coefficient (Wildman–Crippen LogP) is 4.26. The molecular weight excluding hydrogens is 156 g/mol. The van der Waals surface area contributed by atoms with Crippen LogP contribution in [0.15, 0.2) is 36.5 Å². The van der Waals surface area contributed by atoms with Gasteiger partial charge in [-0.05, 0) is 32.1 Å². The summed E-state index contributed by atoms with van der Waals surface area (Å²) < 4.78 is 0.